The molecule has 89 heavy (non-hydrogen) atoms. The molecule has 2 saturated heterocycles. The first kappa shape index (κ1) is 70.9. The number of carbonyl (C=O) groups excluding carboxylic acids is 3. The van der Waals surface area contributed by atoms with E-state index in [-0.39, 0.29) is 6.61 Å². The molecule has 0 radical (unpaired) electrons. The maximum absolute atomic E-state index is 13.8. The van der Waals surface area contributed by atoms with Crippen LogP contribution in [0.25, 0.3) is 33.4 Å². The van der Waals surface area contributed by atoms with Gasteiger partial charge >= 0.3 is 12.9 Å². The molecular formula is C63H72F9N7O9S. The number of rotatable bonds is 22. The normalized spacial score (nSPS) is 18.7. The lowest BCUT2D eigenvalue weighted by molar-refractivity contribution is -0.160. The maximum Gasteiger partial charge on any atom is 0.315 e. The Kier molecular flexibility index (Phi) is 24.7. The Morgan fingerprint density at radius 3 is 1.20 bits per heavy atom. The summed E-state index contributed by atoms with van der Waals surface area (Å²) >= 11 is 0. The highest BCUT2D eigenvalue weighted by molar-refractivity contribution is 7.85. The van der Waals surface area contributed by atoms with Crippen molar-refractivity contribution in [1.82, 2.24) is 34.6 Å². The van der Waals surface area contributed by atoms with Crippen molar-refractivity contribution in [3.63, 3.8) is 0 Å². The van der Waals surface area contributed by atoms with Crippen LogP contribution in [0.5, 0.6) is 0 Å². The number of aromatic nitrogens is 3. The molecule has 1 N–H and O–H groups in total. The fourth-order valence-corrected chi connectivity index (χ4v) is 10.6. The molecule has 6 aromatic rings. The van der Waals surface area contributed by atoms with Crippen LogP contribution >= 0.6 is 0 Å². The second kappa shape index (κ2) is 31.0. The van der Waals surface area contributed by atoms with Gasteiger partial charge < -0.3 is 34.2 Å². The van der Waals surface area contributed by atoms with Gasteiger partial charge in [-0.15, -0.1) is 0 Å². The summed E-state index contributed by atoms with van der Waals surface area (Å²) < 4.78 is 156. The molecule has 0 aliphatic carbocycles. The van der Waals surface area contributed by atoms with Crippen LogP contribution < -0.4 is 0 Å². The minimum atomic E-state index is -3.57. The van der Waals surface area contributed by atoms with Gasteiger partial charge in [0.25, 0.3) is 28.4 Å². The average molecular weight is 1270 g/mol. The Hall–Kier alpha value is -7.20. The molecule has 2 aliphatic heterocycles. The van der Waals surface area contributed by atoms with Crippen LogP contribution in [0.1, 0.15) is 86.2 Å². The van der Waals surface area contributed by atoms with Crippen molar-refractivity contribution in [3.05, 3.63) is 162 Å². The van der Waals surface area contributed by atoms with E-state index in [2.05, 4.69) is 15.0 Å². The quantitative estimate of drug-likeness (QED) is 0.0500. The number of ether oxygens (including phenoxy) is 2. The van der Waals surface area contributed by atoms with Gasteiger partial charge in [0, 0.05) is 60.7 Å². The van der Waals surface area contributed by atoms with Gasteiger partial charge in [0.05, 0.1) is 48.2 Å². The zero-order valence-electron chi connectivity index (χ0n) is 50.4. The number of hydrogen-bond acceptors (Lipinski definition) is 14. The summed E-state index contributed by atoms with van der Waals surface area (Å²) in [5.74, 6) is -5.45. The number of Topliss-reactive ketones (excluding diaryl/α,β-unsaturated/α-hetero) is 1. The van der Waals surface area contributed by atoms with Gasteiger partial charge in [-0.1, -0.05) is 91.0 Å². The molecular weight excluding hydrogens is 1200 g/mol. The molecule has 0 bridgehead atoms. The van der Waals surface area contributed by atoms with Crippen LogP contribution in [0.4, 0.5) is 39.5 Å². The maximum atomic E-state index is 13.8. The van der Waals surface area contributed by atoms with E-state index < -0.39 is 121 Å². The first-order valence-corrected chi connectivity index (χ1v) is 29.7. The molecule has 2 aliphatic rings. The van der Waals surface area contributed by atoms with E-state index in [4.69, 9.17) is 13.7 Å². The second-order valence-electron chi connectivity index (χ2n) is 22.7. The SMILES string of the molecule is CC1(C)O[C@H](c2ccc(-c3ccc(COS(C)(=O)=O)nc3)cc2)[C@@H](CF)N1C(=O)C(F)F.CN(C)Cc1ccc(-c2ccc([C@@H](O)[C@@H](CF)CC(=O)C(F)F)cc2)cn1.CN(C)Cc1ccc(-c2ccc([C@H]3OC(C)(C)N(C(=O)C(F)F)[C@@H]3CF)cc2)cn1. The molecule has 482 valence electrons. The van der Waals surface area contributed by atoms with Crippen LogP contribution in [0.2, 0.25) is 0 Å². The number of amides is 2. The zero-order valence-corrected chi connectivity index (χ0v) is 51.2. The number of carbonyl (C=O) groups is 3. The summed E-state index contributed by atoms with van der Waals surface area (Å²) in [7, 11) is 4.29. The van der Waals surface area contributed by atoms with Crippen LogP contribution in [-0.4, -0.2) is 163 Å². The highest BCUT2D eigenvalue weighted by Crippen LogP contribution is 2.44. The van der Waals surface area contributed by atoms with Crippen molar-refractivity contribution in [1.29, 1.82) is 0 Å². The predicted molar refractivity (Wildman–Crippen MR) is 315 cm³/mol. The number of alkyl halides is 9. The highest BCUT2D eigenvalue weighted by Gasteiger charge is 2.53. The molecule has 0 saturated carbocycles. The van der Waals surface area contributed by atoms with E-state index in [1.54, 1.807) is 91.4 Å². The van der Waals surface area contributed by atoms with Gasteiger partial charge in [-0.2, -0.15) is 26.0 Å². The third-order valence-electron chi connectivity index (χ3n) is 14.5. The van der Waals surface area contributed by atoms with Gasteiger partial charge in [-0.25, -0.2) is 17.6 Å². The largest absolute Gasteiger partial charge is 0.388 e. The first-order valence-electron chi connectivity index (χ1n) is 27.9. The standard InChI is InChI=1S/C22H26F3N3O2.C21H23F3N2O5S.C20H23F3N2O2/c1-22(2)28(21(29)20(24)25)18(11-23)19(30-22)15-7-5-14(6-8-15)16-9-10-17(26-12-16)13-27(3)4;1-21(2)26(20(27)19(23)24)17(10-22)18(31-21)14-6-4-13(5-7-14)15-8-9-16(25-11-15)12-30-32(3,28)29;1-25(2)12-17-8-7-15(11-24-17)13-3-5-14(6-4-13)19(27)16(10-21)9-18(26)20(22)23/h5-10,12,18-20H,11,13H2,1-4H3;4-9,11,17-19H,10,12H2,1-3H3;3-8,11,16,19-20,27H,9-10,12H2,1-2H3/t18-,19-;17-,18-;16-,19-/m111/s1. The molecule has 26 heteroatoms. The number of aliphatic hydroxyl groups excluding tert-OH is 1. The fraction of sp³-hybridized carbons (Fsp3) is 0.429. The van der Waals surface area contributed by atoms with Crippen LogP contribution in [-0.2, 0) is 57.9 Å². The van der Waals surface area contributed by atoms with Crippen molar-refractivity contribution >= 4 is 27.7 Å². The molecule has 6 atom stereocenters. The third-order valence-corrected chi connectivity index (χ3v) is 15.0. The van der Waals surface area contributed by atoms with Gasteiger partial charge in [-0.05, 0) is 107 Å². The van der Waals surface area contributed by atoms with Gasteiger partial charge in [0.15, 0.2) is 5.78 Å². The Labute approximate surface area is 511 Å². The molecule has 0 spiro atoms. The van der Waals surface area contributed by atoms with Gasteiger partial charge in [0.2, 0.25) is 0 Å². The molecule has 5 heterocycles. The Balaban J connectivity index is 0.000000214. The van der Waals surface area contributed by atoms with Crippen molar-refractivity contribution < 1.29 is 81.1 Å². The van der Waals surface area contributed by atoms with E-state index in [0.717, 1.165) is 73.9 Å². The van der Waals surface area contributed by atoms with Crippen LogP contribution in [0, 0.1) is 5.92 Å². The van der Waals surface area contributed by atoms with Crippen LogP contribution in [0.3, 0.4) is 0 Å². The zero-order chi connectivity index (χ0) is 65.7. The monoisotopic (exact) mass is 1270 g/mol. The minimum Gasteiger partial charge on any atom is -0.388 e. The molecule has 2 amide bonds. The minimum absolute atomic E-state index is 0.175. The topological polar surface area (TPSA) is 185 Å². The summed E-state index contributed by atoms with van der Waals surface area (Å²) in [5, 5.41) is 10.2. The van der Waals surface area contributed by atoms with Gasteiger partial charge in [-0.3, -0.25) is 37.9 Å². The summed E-state index contributed by atoms with van der Waals surface area (Å²) in [6.07, 6.45) is -7.35. The van der Waals surface area contributed by atoms with E-state index >= 15 is 0 Å². The van der Waals surface area contributed by atoms with Crippen LogP contribution in [0.15, 0.2) is 128 Å². The second-order valence-corrected chi connectivity index (χ2v) is 24.3. The van der Waals surface area contributed by atoms with E-state index in [0.29, 0.717) is 22.4 Å². The molecule has 8 rings (SSSR count). The van der Waals surface area contributed by atoms with E-state index in [1.165, 1.54) is 27.7 Å². The van der Waals surface area contributed by atoms with Crippen molar-refractivity contribution in [3.8, 4) is 33.4 Å². The summed E-state index contributed by atoms with van der Waals surface area (Å²) in [6, 6.07) is 29.6. The predicted octanol–water partition coefficient (Wildman–Crippen LogP) is 11.2. The number of pyridine rings is 3. The number of ketones is 1. The van der Waals surface area contributed by atoms with E-state index in [9.17, 15) is 67.4 Å². The van der Waals surface area contributed by atoms with Gasteiger partial charge in [0.1, 0.15) is 43.6 Å². The lowest BCUT2D eigenvalue weighted by atomic mass is 9.91. The summed E-state index contributed by atoms with van der Waals surface area (Å²) in [4.78, 5) is 53.7. The molecule has 2 fully saturated rings. The molecule has 0 unspecified atom stereocenters. The Morgan fingerprint density at radius 2 is 0.910 bits per heavy atom. The van der Waals surface area contributed by atoms with Crippen molar-refractivity contribution in [2.45, 2.75) is 115 Å². The van der Waals surface area contributed by atoms with E-state index in [1.807, 2.05) is 74.4 Å². The molecule has 3 aromatic carbocycles. The Morgan fingerprint density at radius 1 is 0.562 bits per heavy atom. The lowest BCUT2D eigenvalue weighted by Crippen LogP contribution is -2.51. The van der Waals surface area contributed by atoms with Crippen molar-refractivity contribution in [2.24, 2.45) is 5.92 Å². The third kappa shape index (κ3) is 18.9. The number of hydrogen-bond donors (Lipinski definition) is 1. The summed E-state index contributed by atoms with van der Waals surface area (Å²) in [6.45, 7) is 4.11. The molecule has 3 aromatic heterocycles. The highest BCUT2D eigenvalue weighted by atomic mass is 32.2. The molecule has 16 nitrogen and oxygen atoms in total. The smallest absolute Gasteiger partial charge is 0.315 e. The first-order chi connectivity index (χ1) is 41.9. The fourth-order valence-electron chi connectivity index (χ4n) is 10.3. The number of benzene rings is 3. The summed E-state index contributed by atoms with van der Waals surface area (Å²) in [5.41, 5.74) is 6.23. The lowest BCUT2D eigenvalue weighted by Gasteiger charge is -2.32. The Bertz CT molecular complexity index is 3370. The van der Waals surface area contributed by atoms with Crippen molar-refractivity contribution in [2.75, 3.05) is 54.5 Å². The number of aliphatic hydroxyl groups is 1. The number of nitrogens with zero attached hydrogens (tertiary/aromatic N) is 7. The number of halogens is 9. The average Bonchev–Trinajstić information content (AvgIpc) is 2.90.